The molecule has 9 heteroatoms. The molecule has 5 saturated carbocycles. The van der Waals surface area contributed by atoms with Gasteiger partial charge in [-0.1, -0.05) is 46.8 Å². The Morgan fingerprint density at radius 2 is 1.48 bits per heavy atom. The SMILES string of the molecule is C=C(C)[C@@H]1CC[C@]2(CCOC(=O)CN3CCC(C(=O)O)CC3)CC[C@]3(C)[C@H](CC[C@@H]4[C@@]5(C)CC[C@H](OC(=O)CC(C)(C)C(=O)O)C(C)(C)[C@@H]5CC[C@]43C)[C@@H]12. The van der Waals surface area contributed by atoms with Gasteiger partial charge in [-0.2, -0.15) is 0 Å². The number of likely N-dealkylation sites (tertiary alicyclic amines) is 1. The van der Waals surface area contributed by atoms with Gasteiger partial charge in [0.1, 0.15) is 6.10 Å². The van der Waals surface area contributed by atoms with Crippen LogP contribution in [0.2, 0.25) is 0 Å². The van der Waals surface area contributed by atoms with E-state index in [1.807, 2.05) is 4.90 Å². The van der Waals surface area contributed by atoms with Gasteiger partial charge in [0, 0.05) is 5.41 Å². The number of ether oxygens (including phenoxy) is 2. The molecule has 1 aliphatic heterocycles. The average molecular weight is 754 g/mol. The van der Waals surface area contributed by atoms with Crippen molar-refractivity contribution in [1.29, 1.82) is 0 Å². The van der Waals surface area contributed by atoms with Gasteiger partial charge in [0.25, 0.3) is 0 Å². The fourth-order valence-corrected chi connectivity index (χ4v) is 14.5. The minimum atomic E-state index is -1.15. The van der Waals surface area contributed by atoms with Crippen LogP contribution in [0.3, 0.4) is 0 Å². The van der Waals surface area contributed by atoms with Crippen molar-refractivity contribution in [2.75, 3.05) is 26.2 Å². The number of carboxylic acid groups (broad SMARTS) is 2. The number of piperidine rings is 1. The first-order valence-electron chi connectivity index (χ1n) is 21.3. The molecule has 54 heavy (non-hydrogen) atoms. The number of allylic oxidation sites excluding steroid dienone is 1. The van der Waals surface area contributed by atoms with Gasteiger partial charge in [0.15, 0.2) is 0 Å². The lowest BCUT2D eigenvalue weighted by Gasteiger charge is -2.73. The minimum Gasteiger partial charge on any atom is -0.481 e. The van der Waals surface area contributed by atoms with Gasteiger partial charge < -0.3 is 19.7 Å². The number of esters is 2. The first-order valence-corrected chi connectivity index (χ1v) is 21.3. The van der Waals surface area contributed by atoms with Gasteiger partial charge in [-0.15, -0.1) is 0 Å². The smallest absolute Gasteiger partial charge is 0.320 e. The second kappa shape index (κ2) is 14.5. The van der Waals surface area contributed by atoms with E-state index in [1.54, 1.807) is 13.8 Å². The predicted molar refractivity (Wildman–Crippen MR) is 207 cm³/mol. The number of carboxylic acids is 2. The molecule has 9 nitrogen and oxygen atoms in total. The zero-order valence-corrected chi connectivity index (χ0v) is 34.8. The Morgan fingerprint density at radius 3 is 2.11 bits per heavy atom. The molecule has 1 heterocycles. The van der Waals surface area contributed by atoms with E-state index < -0.39 is 23.3 Å². The van der Waals surface area contributed by atoms with Crippen molar-refractivity contribution in [3.05, 3.63) is 12.2 Å². The van der Waals surface area contributed by atoms with Crippen LogP contribution in [-0.2, 0) is 28.7 Å². The predicted octanol–water partition coefficient (Wildman–Crippen LogP) is 8.79. The first-order chi connectivity index (χ1) is 25.1. The maximum absolute atomic E-state index is 13.1. The van der Waals surface area contributed by atoms with Crippen LogP contribution >= 0.6 is 0 Å². The topological polar surface area (TPSA) is 130 Å². The molecule has 6 rings (SSSR count). The third kappa shape index (κ3) is 6.86. The Bertz CT molecular complexity index is 1500. The summed E-state index contributed by atoms with van der Waals surface area (Å²) in [5.41, 5.74) is 0.586. The summed E-state index contributed by atoms with van der Waals surface area (Å²) < 4.78 is 12.1. The van der Waals surface area contributed by atoms with Gasteiger partial charge in [-0.25, -0.2) is 0 Å². The molecule has 0 spiro atoms. The monoisotopic (exact) mass is 754 g/mol. The molecular weight excluding hydrogens is 682 g/mol. The van der Waals surface area contributed by atoms with Crippen LogP contribution < -0.4 is 0 Å². The largest absolute Gasteiger partial charge is 0.481 e. The summed E-state index contributed by atoms with van der Waals surface area (Å²) in [5.74, 6) is -0.0280. The molecule has 0 radical (unpaired) electrons. The van der Waals surface area contributed by atoms with Crippen LogP contribution in [-0.4, -0.2) is 71.3 Å². The third-order valence-electron chi connectivity index (χ3n) is 17.8. The zero-order valence-electron chi connectivity index (χ0n) is 34.8. The Morgan fingerprint density at radius 1 is 0.796 bits per heavy atom. The van der Waals surface area contributed by atoms with Crippen molar-refractivity contribution in [3.8, 4) is 0 Å². The van der Waals surface area contributed by atoms with Crippen LogP contribution in [0.1, 0.15) is 145 Å². The maximum Gasteiger partial charge on any atom is 0.320 e. The van der Waals surface area contributed by atoms with Gasteiger partial charge in [0.05, 0.1) is 30.9 Å². The number of rotatable bonds is 11. The second-order valence-electron chi connectivity index (χ2n) is 21.1. The average Bonchev–Trinajstić information content (AvgIpc) is 3.46. The van der Waals surface area contributed by atoms with Crippen molar-refractivity contribution in [1.82, 2.24) is 4.90 Å². The fraction of sp³-hybridized carbons (Fsp3) is 0.867. The highest BCUT2D eigenvalue weighted by molar-refractivity contribution is 5.81. The van der Waals surface area contributed by atoms with Gasteiger partial charge in [-0.3, -0.25) is 24.1 Å². The van der Waals surface area contributed by atoms with E-state index in [4.69, 9.17) is 9.47 Å². The van der Waals surface area contributed by atoms with E-state index in [2.05, 4.69) is 48.1 Å². The molecule has 10 atom stereocenters. The molecule has 1 saturated heterocycles. The van der Waals surface area contributed by atoms with Crippen molar-refractivity contribution < 1.29 is 38.9 Å². The minimum absolute atomic E-state index is 0.122. The van der Waals surface area contributed by atoms with Crippen LogP contribution in [0.5, 0.6) is 0 Å². The standard InChI is InChI=1S/C45H71NO8/c1-28(2)30-12-19-45(22-25-53-36(48)27-46-23-15-29(16-24-46)38(49)50)21-20-43(8)31(37(30)45)10-11-33-42(7)17-14-34(54-35(47)26-40(3,4)39(51)52)41(5,6)32(42)13-18-44(33,43)9/h29-34,37H,1,10-27H2,2-9H3,(H,49,50)(H,51,52)/t30-,31+,32-,33+,34-,37+,42-,43+,44+,45+/m0/s1. The molecule has 6 aliphatic rings. The highest BCUT2D eigenvalue weighted by Gasteiger charge is 2.71. The first kappa shape index (κ1) is 41.2. The summed E-state index contributed by atoms with van der Waals surface area (Å²) in [6.45, 7) is 24.3. The Balaban J connectivity index is 1.15. The normalized spacial score (nSPS) is 40.7. The van der Waals surface area contributed by atoms with Crippen LogP contribution in [0, 0.1) is 68.0 Å². The summed E-state index contributed by atoms with van der Waals surface area (Å²) in [5, 5.41) is 19.0. The molecular formula is C45H71NO8. The van der Waals surface area contributed by atoms with E-state index in [0.717, 1.165) is 38.5 Å². The Hall–Kier alpha value is -2.42. The third-order valence-corrected chi connectivity index (χ3v) is 17.8. The highest BCUT2D eigenvalue weighted by Crippen LogP contribution is 2.78. The van der Waals surface area contributed by atoms with Crippen LogP contribution in [0.4, 0.5) is 0 Å². The number of fused-ring (bicyclic) bond motifs is 7. The van der Waals surface area contributed by atoms with Crippen molar-refractivity contribution in [3.63, 3.8) is 0 Å². The van der Waals surface area contributed by atoms with E-state index in [9.17, 15) is 29.4 Å². The van der Waals surface area contributed by atoms with Crippen molar-refractivity contribution in [2.24, 2.45) is 68.0 Å². The van der Waals surface area contributed by atoms with E-state index in [0.29, 0.717) is 62.1 Å². The number of nitrogens with zero attached hydrogens (tertiary/aromatic N) is 1. The van der Waals surface area contributed by atoms with E-state index in [1.165, 1.54) is 37.7 Å². The second-order valence-corrected chi connectivity index (χ2v) is 21.1. The molecule has 0 amide bonds. The van der Waals surface area contributed by atoms with E-state index in [-0.39, 0.29) is 58.0 Å². The Kier molecular flexibility index (Phi) is 11.1. The molecule has 6 fully saturated rings. The lowest BCUT2D eigenvalue weighted by molar-refractivity contribution is -0.251. The lowest BCUT2D eigenvalue weighted by atomic mass is 9.32. The summed E-state index contributed by atoms with van der Waals surface area (Å²) >= 11 is 0. The molecule has 0 aromatic heterocycles. The molecule has 0 aromatic carbocycles. The summed E-state index contributed by atoms with van der Waals surface area (Å²) in [4.78, 5) is 51.3. The quantitative estimate of drug-likeness (QED) is 0.157. The highest BCUT2D eigenvalue weighted by atomic mass is 16.5. The number of carbonyl (C=O) groups is 4. The number of hydrogen-bond acceptors (Lipinski definition) is 7. The molecule has 0 aromatic rings. The molecule has 0 unspecified atom stereocenters. The molecule has 0 bridgehead atoms. The van der Waals surface area contributed by atoms with Gasteiger partial charge in [0.2, 0.25) is 0 Å². The zero-order chi connectivity index (χ0) is 39.6. The number of aliphatic carboxylic acids is 2. The fourth-order valence-electron chi connectivity index (χ4n) is 14.5. The van der Waals surface area contributed by atoms with Gasteiger partial charge in [-0.05, 0) is 169 Å². The summed E-state index contributed by atoms with van der Waals surface area (Å²) in [6.07, 6.45) is 12.9. The molecule has 304 valence electrons. The van der Waals surface area contributed by atoms with Crippen LogP contribution in [0.25, 0.3) is 0 Å². The van der Waals surface area contributed by atoms with Crippen molar-refractivity contribution in [2.45, 2.75) is 151 Å². The number of hydrogen-bond donors (Lipinski definition) is 2. The van der Waals surface area contributed by atoms with Gasteiger partial charge >= 0.3 is 23.9 Å². The lowest BCUT2D eigenvalue weighted by Crippen LogP contribution is -2.66. The maximum atomic E-state index is 13.1. The molecule has 5 aliphatic carbocycles. The van der Waals surface area contributed by atoms with E-state index >= 15 is 0 Å². The summed E-state index contributed by atoms with van der Waals surface area (Å²) in [7, 11) is 0. The van der Waals surface area contributed by atoms with Crippen LogP contribution in [0.15, 0.2) is 12.2 Å². The number of carbonyl (C=O) groups excluding carboxylic acids is 2. The summed E-state index contributed by atoms with van der Waals surface area (Å²) in [6, 6.07) is 0. The Labute approximate surface area is 324 Å². The molecule has 2 N–H and O–H groups in total. The van der Waals surface area contributed by atoms with Crippen molar-refractivity contribution >= 4 is 23.9 Å².